The maximum absolute atomic E-state index is 6.15. The molecule has 3 heterocycles. The number of likely N-dealkylation sites (tertiary alicyclic amines) is 2. The number of ether oxygens (including phenoxy) is 1. The van der Waals surface area contributed by atoms with E-state index in [1.807, 2.05) is 7.05 Å². The predicted octanol–water partition coefficient (Wildman–Crippen LogP) is 2.64. The molecule has 1 aromatic carbocycles. The van der Waals surface area contributed by atoms with Crippen molar-refractivity contribution < 1.29 is 4.74 Å². The Bertz CT molecular complexity index is 673. The molecule has 0 aromatic heterocycles. The molecule has 0 spiro atoms. The van der Waals surface area contributed by atoms with Gasteiger partial charge in [0.1, 0.15) is 0 Å². The molecule has 3 atom stereocenters. The highest BCUT2D eigenvalue weighted by atomic mass is 127. The summed E-state index contributed by atoms with van der Waals surface area (Å²) in [6, 6.07) is 11.9. The van der Waals surface area contributed by atoms with Crippen LogP contribution in [0.2, 0.25) is 0 Å². The molecule has 168 valence electrons. The fourth-order valence-electron chi connectivity index (χ4n) is 5.19. The van der Waals surface area contributed by atoms with Gasteiger partial charge in [-0.3, -0.25) is 14.8 Å². The fraction of sp³-hybridized carbons (Fsp3) is 0.696. The second kappa shape index (κ2) is 11.6. The Balaban J connectivity index is 0.00000256. The number of guanidine groups is 1. The van der Waals surface area contributed by atoms with Crippen molar-refractivity contribution in [2.45, 2.75) is 50.9 Å². The molecule has 3 aliphatic heterocycles. The smallest absolute Gasteiger partial charge is 0.193 e. The second-order valence-electron chi connectivity index (χ2n) is 8.54. The molecule has 0 radical (unpaired) electrons. The minimum Gasteiger partial charge on any atom is -0.373 e. The van der Waals surface area contributed by atoms with Crippen LogP contribution in [-0.2, 0) is 11.3 Å². The van der Waals surface area contributed by atoms with Crippen LogP contribution < -0.4 is 5.32 Å². The van der Waals surface area contributed by atoms with Gasteiger partial charge >= 0.3 is 0 Å². The van der Waals surface area contributed by atoms with E-state index in [1.165, 1.54) is 31.4 Å². The Hall–Kier alpha value is -0.900. The Morgan fingerprint density at radius 3 is 2.73 bits per heavy atom. The van der Waals surface area contributed by atoms with Gasteiger partial charge in [-0.15, -0.1) is 24.0 Å². The van der Waals surface area contributed by atoms with E-state index in [4.69, 9.17) is 4.74 Å². The van der Waals surface area contributed by atoms with Crippen molar-refractivity contribution in [2.75, 3.05) is 52.9 Å². The number of morpholine rings is 1. The average molecular weight is 527 g/mol. The zero-order valence-corrected chi connectivity index (χ0v) is 20.8. The fourth-order valence-corrected chi connectivity index (χ4v) is 5.19. The summed E-state index contributed by atoms with van der Waals surface area (Å²) in [6.45, 7) is 10.4. The minimum absolute atomic E-state index is 0. The number of piperidine rings is 1. The van der Waals surface area contributed by atoms with E-state index in [0.717, 1.165) is 51.8 Å². The third kappa shape index (κ3) is 5.66. The van der Waals surface area contributed by atoms with E-state index >= 15 is 0 Å². The van der Waals surface area contributed by atoms with Gasteiger partial charge in [0, 0.05) is 45.8 Å². The summed E-state index contributed by atoms with van der Waals surface area (Å²) in [7, 11) is 1.91. The normalized spacial score (nSPS) is 28.1. The third-order valence-electron chi connectivity index (χ3n) is 6.81. The number of hydrogen-bond acceptors (Lipinski definition) is 4. The average Bonchev–Trinajstić information content (AvgIpc) is 3.20. The van der Waals surface area contributed by atoms with E-state index in [1.54, 1.807) is 0 Å². The molecule has 0 saturated carbocycles. The molecule has 7 heteroatoms. The number of fused-ring (bicyclic) bond motifs is 1. The highest BCUT2D eigenvalue weighted by Gasteiger charge is 2.41. The predicted molar refractivity (Wildman–Crippen MR) is 134 cm³/mol. The number of nitrogens with zero attached hydrogens (tertiary/aromatic N) is 4. The first-order valence-corrected chi connectivity index (χ1v) is 11.4. The summed E-state index contributed by atoms with van der Waals surface area (Å²) in [4.78, 5) is 12.2. The number of benzene rings is 1. The van der Waals surface area contributed by atoms with E-state index in [0.29, 0.717) is 12.1 Å². The van der Waals surface area contributed by atoms with Gasteiger partial charge in [-0.05, 0) is 31.5 Å². The van der Waals surface area contributed by atoms with Crippen LogP contribution in [0.25, 0.3) is 0 Å². The van der Waals surface area contributed by atoms with Crippen molar-refractivity contribution in [3.8, 4) is 0 Å². The van der Waals surface area contributed by atoms with Crippen LogP contribution >= 0.6 is 24.0 Å². The van der Waals surface area contributed by atoms with Gasteiger partial charge < -0.3 is 15.0 Å². The van der Waals surface area contributed by atoms with Crippen molar-refractivity contribution in [1.82, 2.24) is 20.0 Å². The number of halogens is 1. The quantitative estimate of drug-likeness (QED) is 0.363. The summed E-state index contributed by atoms with van der Waals surface area (Å²) in [5.41, 5.74) is 1.38. The third-order valence-corrected chi connectivity index (χ3v) is 6.81. The number of hydrogen-bond donors (Lipinski definition) is 1. The molecule has 1 aromatic rings. The minimum atomic E-state index is 0. The van der Waals surface area contributed by atoms with Crippen molar-refractivity contribution >= 4 is 29.9 Å². The molecule has 0 aliphatic carbocycles. The highest BCUT2D eigenvalue weighted by Crippen LogP contribution is 2.25. The van der Waals surface area contributed by atoms with Crippen LogP contribution in [0, 0.1) is 0 Å². The second-order valence-corrected chi connectivity index (χ2v) is 8.54. The van der Waals surface area contributed by atoms with Crippen molar-refractivity contribution in [3.05, 3.63) is 35.9 Å². The number of aliphatic imine (C=N–C) groups is 1. The zero-order valence-electron chi connectivity index (χ0n) is 18.5. The summed E-state index contributed by atoms with van der Waals surface area (Å²) < 4.78 is 6.15. The standard InChI is InChI=1S/C23H37N5O.HI/c1-3-26-12-8-7-11-20(26)15-25-23(24-2)28-17-21-22(18-28)29-14-13-27(21)16-19-9-5-4-6-10-19;/h4-6,9-10,20-22H,3,7-8,11-18H2,1-2H3,(H,24,25);1H. The lowest BCUT2D eigenvalue weighted by Crippen LogP contribution is -2.50. The van der Waals surface area contributed by atoms with Crippen LogP contribution in [0.5, 0.6) is 0 Å². The molecule has 4 rings (SSSR count). The van der Waals surface area contributed by atoms with Crippen molar-refractivity contribution in [1.29, 1.82) is 0 Å². The Morgan fingerprint density at radius 2 is 1.97 bits per heavy atom. The molecule has 0 amide bonds. The van der Waals surface area contributed by atoms with Crippen molar-refractivity contribution in [2.24, 2.45) is 4.99 Å². The first-order valence-electron chi connectivity index (χ1n) is 11.4. The summed E-state index contributed by atoms with van der Waals surface area (Å²) >= 11 is 0. The van der Waals surface area contributed by atoms with Gasteiger partial charge in [-0.1, -0.05) is 43.7 Å². The maximum atomic E-state index is 6.15. The molecular weight excluding hydrogens is 489 g/mol. The van der Waals surface area contributed by atoms with Gasteiger partial charge in [0.2, 0.25) is 0 Å². The molecule has 3 fully saturated rings. The Morgan fingerprint density at radius 1 is 1.13 bits per heavy atom. The Kier molecular flexibility index (Phi) is 9.22. The van der Waals surface area contributed by atoms with E-state index < -0.39 is 0 Å². The van der Waals surface area contributed by atoms with Crippen LogP contribution in [0.3, 0.4) is 0 Å². The maximum Gasteiger partial charge on any atom is 0.193 e. The zero-order chi connectivity index (χ0) is 20.1. The number of likely N-dealkylation sites (N-methyl/N-ethyl adjacent to an activating group) is 1. The molecule has 3 unspecified atom stereocenters. The van der Waals surface area contributed by atoms with Crippen LogP contribution in [0.1, 0.15) is 31.7 Å². The van der Waals surface area contributed by atoms with Crippen molar-refractivity contribution in [3.63, 3.8) is 0 Å². The molecule has 1 N–H and O–H groups in total. The van der Waals surface area contributed by atoms with E-state index in [-0.39, 0.29) is 30.1 Å². The topological polar surface area (TPSA) is 43.3 Å². The van der Waals surface area contributed by atoms with Crippen LogP contribution in [0.4, 0.5) is 0 Å². The van der Waals surface area contributed by atoms with Gasteiger partial charge in [0.15, 0.2) is 5.96 Å². The lowest BCUT2D eigenvalue weighted by Gasteiger charge is -2.36. The Labute approximate surface area is 199 Å². The lowest BCUT2D eigenvalue weighted by atomic mass is 10.0. The summed E-state index contributed by atoms with van der Waals surface area (Å²) in [6.07, 6.45) is 4.24. The van der Waals surface area contributed by atoms with Gasteiger partial charge in [0.25, 0.3) is 0 Å². The summed E-state index contributed by atoms with van der Waals surface area (Å²) in [5.74, 6) is 1.03. The SMILES string of the molecule is CCN1CCCCC1CNC(=NC)N1CC2OCCN(Cc3ccccc3)C2C1.I. The highest BCUT2D eigenvalue weighted by molar-refractivity contribution is 14.0. The monoisotopic (exact) mass is 527 g/mol. The van der Waals surface area contributed by atoms with Gasteiger partial charge in [-0.2, -0.15) is 0 Å². The molecule has 3 saturated heterocycles. The van der Waals surface area contributed by atoms with E-state index in [2.05, 4.69) is 62.3 Å². The van der Waals surface area contributed by atoms with Gasteiger partial charge in [0.05, 0.1) is 18.8 Å². The molecule has 30 heavy (non-hydrogen) atoms. The summed E-state index contributed by atoms with van der Waals surface area (Å²) in [5, 5.41) is 3.68. The first-order chi connectivity index (χ1) is 14.3. The van der Waals surface area contributed by atoms with E-state index in [9.17, 15) is 0 Å². The van der Waals surface area contributed by atoms with Gasteiger partial charge in [-0.25, -0.2) is 0 Å². The molecule has 0 bridgehead atoms. The largest absolute Gasteiger partial charge is 0.373 e. The molecular formula is C23H38IN5O. The number of rotatable bonds is 5. The first kappa shape index (κ1) is 23.8. The molecule has 6 nitrogen and oxygen atoms in total. The number of nitrogens with one attached hydrogen (secondary N) is 1. The lowest BCUT2D eigenvalue weighted by molar-refractivity contribution is -0.0502. The molecule has 3 aliphatic rings. The van der Waals surface area contributed by atoms with Crippen LogP contribution in [0.15, 0.2) is 35.3 Å². The van der Waals surface area contributed by atoms with Crippen LogP contribution in [-0.4, -0.2) is 91.8 Å².